The van der Waals surface area contributed by atoms with Gasteiger partial charge in [-0.2, -0.15) is 0 Å². The van der Waals surface area contributed by atoms with Crippen molar-refractivity contribution in [2.75, 3.05) is 0 Å². The highest BCUT2D eigenvalue weighted by atomic mass is 79.9. The van der Waals surface area contributed by atoms with Crippen molar-refractivity contribution in [2.24, 2.45) is 0 Å². The SMILES string of the molecule is O=[C][C@@H](Cc1cc(Br)c(O)c(Br)c1)NC(=O)CCCc1ccc(F)cc1. The van der Waals surface area contributed by atoms with Crippen LogP contribution in [0.15, 0.2) is 45.3 Å². The number of carbonyl (C=O) groups excluding carboxylic acids is 2. The maximum absolute atomic E-state index is 12.8. The standard InChI is InChI=1S/C19H17Br2FNO3/c20-16-9-13(10-17(21)19(16)26)8-15(11-24)23-18(25)3-1-2-12-4-6-14(22)7-5-12/h4-7,9-10,15,26H,1-3,8H2,(H,23,25)/t15-/m1/s1. The average Bonchev–Trinajstić information content (AvgIpc) is 2.60. The van der Waals surface area contributed by atoms with E-state index in [9.17, 15) is 19.1 Å². The minimum Gasteiger partial charge on any atom is -0.506 e. The van der Waals surface area contributed by atoms with Crippen LogP contribution in [-0.4, -0.2) is 23.3 Å². The Morgan fingerprint density at radius 2 is 1.77 bits per heavy atom. The van der Waals surface area contributed by atoms with Crippen molar-refractivity contribution in [3.05, 3.63) is 62.3 Å². The van der Waals surface area contributed by atoms with Gasteiger partial charge in [0, 0.05) is 12.8 Å². The molecule has 137 valence electrons. The first kappa shape index (κ1) is 20.6. The van der Waals surface area contributed by atoms with E-state index in [2.05, 4.69) is 37.2 Å². The highest BCUT2D eigenvalue weighted by Gasteiger charge is 2.15. The molecule has 0 heterocycles. The van der Waals surface area contributed by atoms with Gasteiger partial charge >= 0.3 is 0 Å². The van der Waals surface area contributed by atoms with Gasteiger partial charge in [0.15, 0.2) is 0 Å². The summed E-state index contributed by atoms with van der Waals surface area (Å²) in [5.74, 6) is -0.453. The summed E-state index contributed by atoms with van der Waals surface area (Å²) in [4.78, 5) is 23.2. The summed E-state index contributed by atoms with van der Waals surface area (Å²) < 4.78 is 13.8. The first-order chi connectivity index (χ1) is 12.4. The van der Waals surface area contributed by atoms with Crippen molar-refractivity contribution in [3.8, 4) is 5.75 Å². The maximum Gasteiger partial charge on any atom is 0.223 e. The summed E-state index contributed by atoms with van der Waals surface area (Å²) in [7, 11) is 0. The molecule has 2 aromatic carbocycles. The highest BCUT2D eigenvalue weighted by Crippen LogP contribution is 2.33. The molecule has 0 saturated carbocycles. The number of hydrogen-bond donors (Lipinski definition) is 2. The molecule has 2 N–H and O–H groups in total. The third kappa shape index (κ3) is 6.21. The van der Waals surface area contributed by atoms with Crippen LogP contribution in [0.1, 0.15) is 24.0 Å². The molecule has 0 aliphatic heterocycles. The van der Waals surface area contributed by atoms with Crippen LogP contribution in [0.4, 0.5) is 4.39 Å². The molecule has 0 aliphatic carbocycles. The molecule has 0 aliphatic rings. The molecule has 2 aromatic rings. The normalized spacial score (nSPS) is 11.8. The van der Waals surface area contributed by atoms with Crippen LogP contribution >= 0.6 is 31.9 Å². The van der Waals surface area contributed by atoms with Gasteiger partial charge < -0.3 is 10.4 Å². The summed E-state index contributed by atoms with van der Waals surface area (Å²) in [5.41, 5.74) is 1.72. The van der Waals surface area contributed by atoms with Crippen LogP contribution in [0.2, 0.25) is 0 Å². The molecule has 0 bridgehead atoms. The summed E-state index contributed by atoms with van der Waals surface area (Å²) in [5, 5.41) is 12.4. The van der Waals surface area contributed by atoms with E-state index in [0.29, 0.717) is 21.8 Å². The first-order valence-corrected chi connectivity index (χ1v) is 9.56. The number of nitrogens with one attached hydrogen (secondary N) is 1. The Morgan fingerprint density at radius 3 is 2.35 bits per heavy atom. The molecule has 0 aromatic heterocycles. The van der Waals surface area contributed by atoms with Crippen LogP contribution < -0.4 is 5.32 Å². The molecule has 0 fully saturated rings. The predicted molar refractivity (Wildman–Crippen MR) is 104 cm³/mol. The molecule has 0 spiro atoms. The van der Waals surface area contributed by atoms with E-state index in [-0.39, 0.29) is 30.3 Å². The van der Waals surface area contributed by atoms with Gasteiger partial charge in [0.25, 0.3) is 0 Å². The fourth-order valence-corrected chi connectivity index (χ4v) is 3.75. The zero-order valence-electron chi connectivity index (χ0n) is 13.8. The minimum absolute atomic E-state index is 0.0743. The van der Waals surface area contributed by atoms with Crippen LogP contribution in [0.25, 0.3) is 0 Å². The monoisotopic (exact) mass is 484 g/mol. The van der Waals surface area contributed by atoms with E-state index < -0.39 is 6.04 Å². The van der Waals surface area contributed by atoms with Crippen LogP contribution in [0, 0.1) is 5.82 Å². The fraction of sp³-hybridized carbons (Fsp3) is 0.263. The highest BCUT2D eigenvalue weighted by molar-refractivity contribution is 9.11. The lowest BCUT2D eigenvalue weighted by atomic mass is 10.1. The lowest BCUT2D eigenvalue weighted by Crippen LogP contribution is -2.37. The van der Waals surface area contributed by atoms with E-state index in [1.54, 1.807) is 24.3 Å². The van der Waals surface area contributed by atoms with Crippen molar-refractivity contribution in [2.45, 2.75) is 31.7 Å². The van der Waals surface area contributed by atoms with E-state index in [1.807, 2.05) is 6.29 Å². The number of halogens is 3. The Bertz CT molecular complexity index is 758. The van der Waals surface area contributed by atoms with Gasteiger partial charge in [0.2, 0.25) is 12.2 Å². The molecule has 26 heavy (non-hydrogen) atoms. The quantitative estimate of drug-likeness (QED) is 0.588. The van der Waals surface area contributed by atoms with Crippen LogP contribution in [-0.2, 0) is 22.4 Å². The molecule has 1 amide bonds. The Kier molecular flexibility index (Phi) is 7.78. The van der Waals surface area contributed by atoms with Gasteiger partial charge in [-0.1, -0.05) is 12.1 Å². The van der Waals surface area contributed by atoms with Gasteiger partial charge in [0.05, 0.1) is 15.0 Å². The lowest BCUT2D eigenvalue weighted by Gasteiger charge is -2.13. The zero-order valence-corrected chi connectivity index (χ0v) is 16.9. The van der Waals surface area contributed by atoms with Gasteiger partial charge in [-0.25, -0.2) is 4.39 Å². The molecule has 4 nitrogen and oxygen atoms in total. The number of amides is 1. The summed E-state index contributed by atoms with van der Waals surface area (Å²) in [6.45, 7) is 0. The summed E-state index contributed by atoms with van der Waals surface area (Å²) in [6, 6.07) is 8.76. The number of benzene rings is 2. The number of hydrogen-bond acceptors (Lipinski definition) is 3. The third-order valence-electron chi connectivity index (χ3n) is 3.78. The van der Waals surface area contributed by atoms with Gasteiger partial charge in [-0.15, -0.1) is 0 Å². The molecule has 0 saturated heterocycles. The Hall–Kier alpha value is -1.73. The van der Waals surface area contributed by atoms with Crippen molar-refractivity contribution < 1.29 is 19.1 Å². The Labute approximate surface area is 168 Å². The fourth-order valence-electron chi connectivity index (χ4n) is 2.46. The Balaban J connectivity index is 1.84. The molecular weight excluding hydrogens is 469 g/mol. The molecular formula is C19H17Br2FNO3. The van der Waals surface area contributed by atoms with Gasteiger partial charge in [0.1, 0.15) is 11.6 Å². The van der Waals surface area contributed by atoms with Crippen LogP contribution in [0.5, 0.6) is 5.75 Å². The predicted octanol–water partition coefficient (Wildman–Crippen LogP) is 4.22. The van der Waals surface area contributed by atoms with Crippen LogP contribution in [0.3, 0.4) is 0 Å². The number of rotatable bonds is 8. The molecule has 0 unspecified atom stereocenters. The molecule has 7 heteroatoms. The smallest absolute Gasteiger partial charge is 0.223 e. The summed E-state index contributed by atoms with van der Waals surface area (Å²) in [6.07, 6.45) is 3.61. The number of carbonyl (C=O) groups is 1. The topological polar surface area (TPSA) is 66.4 Å². The largest absolute Gasteiger partial charge is 0.506 e. The van der Waals surface area contributed by atoms with Gasteiger partial charge in [-0.3, -0.25) is 9.59 Å². The molecule has 2 rings (SSSR count). The second-order valence-electron chi connectivity index (χ2n) is 5.83. The van der Waals surface area contributed by atoms with Crippen molar-refractivity contribution in [3.63, 3.8) is 0 Å². The molecule has 1 radical (unpaired) electrons. The number of phenols is 1. The van der Waals surface area contributed by atoms with Crippen molar-refractivity contribution in [1.82, 2.24) is 5.32 Å². The second kappa shape index (κ2) is 9.83. The summed E-state index contributed by atoms with van der Waals surface area (Å²) >= 11 is 6.46. The minimum atomic E-state index is -0.767. The van der Waals surface area contributed by atoms with E-state index >= 15 is 0 Å². The molecule has 1 atom stereocenters. The number of phenolic OH excluding ortho intramolecular Hbond substituents is 1. The van der Waals surface area contributed by atoms with Gasteiger partial charge in [-0.05, 0) is 80.1 Å². The lowest BCUT2D eigenvalue weighted by molar-refractivity contribution is -0.121. The zero-order chi connectivity index (χ0) is 19.1. The number of aromatic hydroxyl groups is 1. The average molecular weight is 486 g/mol. The second-order valence-corrected chi connectivity index (χ2v) is 7.54. The maximum atomic E-state index is 12.8. The van der Waals surface area contributed by atoms with E-state index in [1.165, 1.54) is 12.1 Å². The first-order valence-electron chi connectivity index (χ1n) is 7.97. The van der Waals surface area contributed by atoms with Crippen molar-refractivity contribution in [1.29, 1.82) is 0 Å². The van der Waals surface area contributed by atoms with Crippen molar-refractivity contribution >= 4 is 44.1 Å². The third-order valence-corrected chi connectivity index (χ3v) is 4.99. The Morgan fingerprint density at radius 1 is 1.15 bits per heavy atom. The van der Waals surface area contributed by atoms with E-state index in [4.69, 9.17) is 0 Å². The number of aryl methyl sites for hydroxylation is 1. The van der Waals surface area contributed by atoms with E-state index in [0.717, 1.165) is 11.1 Å².